The molecule has 3 aromatic carbocycles. The zero-order valence-electron chi connectivity index (χ0n) is 21.2. The predicted molar refractivity (Wildman–Crippen MR) is 142 cm³/mol. The van der Waals surface area contributed by atoms with Crippen LogP contribution in [-0.2, 0) is 32.6 Å². The molecule has 3 rings (SSSR count). The van der Waals surface area contributed by atoms with E-state index >= 15 is 0 Å². The van der Waals surface area contributed by atoms with Crippen LogP contribution in [0.5, 0.6) is 0 Å². The second-order valence-corrected chi connectivity index (χ2v) is 10.4. The molecule has 37 heavy (non-hydrogen) atoms. The molecule has 0 aliphatic carbocycles. The minimum atomic E-state index is -4.14. The molecule has 0 heterocycles. The van der Waals surface area contributed by atoms with Crippen molar-refractivity contribution in [2.45, 2.75) is 44.7 Å². The van der Waals surface area contributed by atoms with Gasteiger partial charge in [0.1, 0.15) is 18.4 Å². The first kappa shape index (κ1) is 27.9. The smallest absolute Gasteiger partial charge is 0.264 e. The van der Waals surface area contributed by atoms with E-state index in [1.54, 1.807) is 56.3 Å². The average molecular weight is 526 g/mol. The van der Waals surface area contributed by atoms with Crippen LogP contribution in [0.15, 0.2) is 83.8 Å². The van der Waals surface area contributed by atoms with Crippen molar-refractivity contribution in [3.8, 4) is 0 Å². The van der Waals surface area contributed by atoms with Crippen LogP contribution in [0.2, 0.25) is 0 Å². The Morgan fingerprint density at radius 2 is 1.49 bits per heavy atom. The van der Waals surface area contributed by atoms with Crippen molar-refractivity contribution in [2.24, 2.45) is 0 Å². The van der Waals surface area contributed by atoms with E-state index < -0.39 is 40.2 Å². The number of hydrogen-bond acceptors (Lipinski definition) is 4. The number of likely N-dealkylation sites (N-methyl/N-ethyl adjacent to an activating group) is 1. The van der Waals surface area contributed by atoms with Gasteiger partial charge in [0.05, 0.1) is 10.6 Å². The van der Waals surface area contributed by atoms with Gasteiger partial charge in [0.2, 0.25) is 11.8 Å². The lowest BCUT2D eigenvalue weighted by molar-refractivity contribution is -0.139. The van der Waals surface area contributed by atoms with Gasteiger partial charge in [-0.15, -0.1) is 0 Å². The van der Waals surface area contributed by atoms with Gasteiger partial charge in [0.25, 0.3) is 10.0 Å². The number of nitrogens with one attached hydrogen (secondary N) is 1. The topological polar surface area (TPSA) is 86.8 Å². The Balaban J connectivity index is 2.07. The van der Waals surface area contributed by atoms with Crippen molar-refractivity contribution < 1.29 is 22.4 Å². The summed E-state index contributed by atoms with van der Waals surface area (Å²) in [6, 6.07) is 19.9. The number of aryl methyl sites for hydroxylation is 1. The van der Waals surface area contributed by atoms with Crippen LogP contribution in [0.3, 0.4) is 0 Å². The molecule has 0 bridgehead atoms. The van der Waals surface area contributed by atoms with E-state index in [0.717, 1.165) is 9.87 Å². The predicted octanol–water partition coefficient (Wildman–Crippen LogP) is 4.14. The molecule has 1 atom stereocenters. The van der Waals surface area contributed by atoms with Gasteiger partial charge in [-0.05, 0) is 50.1 Å². The van der Waals surface area contributed by atoms with Gasteiger partial charge in [0, 0.05) is 18.7 Å². The van der Waals surface area contributed by atoms with Crippen LogP contribution in [0.4, 0.5) is 10.1 Å². The van der Waals surface area contributed by atoms with Gasteiger partial charge in [-0.25, -0.2) is 12.8 Å². The highest BCUT2D eigenvalue weighted by Crippen LogP contribution is 2.28. The molecular formula is C28H32FN3O4S. The van der Waals surface area contributed by atoms with Gasteiger partial charge < -0.3 is 10.2 Å². The maximum absolute atomic E-state index is 14.5. The second-order valence-electron chi connectivity index (χ2n) is 8.49. The molecule has 0 aliphatic heterocycles. The van der Waals surface area contributed by atoms with Crippen molar-refractivity contribution in [2.75, 3.05) is 17.4 Å². The zero-order valence-corrected chi connectivity index (χ0v) is 22.0. The number of nitrogens with zero attached hydrogens (tertiary/aromatic N) is 2. The van der Waals surface area contributed by atoms with E-state index in [1.807, 2.05) is 13.0 Å². The summed E-state index contributed by atoms with van der Waals surface area (Å²) in [5.41, 5.74) is 1.34. The highest BCUT2D eigenvalue weighted by atomic mass is 32.2. The van der Waals surface area contributed by atoms with E-state index in [9.17, 15) is 22.4 Å². The summed E-state index contributed by atoms with van der Waals surface area (Å²) in [6.07, 6.45) is 0.541. The highest BCUT2D eigenvalue weighted by Gasteiger charge is 2.33. The number of hydrogen-bond donors (Lipinski definition) is 1. The maximum Gasteiger partial charge on any atom is 0.264 e. The minimum Gasteiger partial charge on any atom is -0.355 e. The van der Waals surface area contributed by atoms with Crippen LogP contribution in [-0.4, -0.2) is 44.3 Å². The number of halogens is 1. The third kappa shape index (κ3) is 6.54. The van der Waals surface area contributed by atoms with Crippen molar-refractivity contribution in [1.82, 2.24) is 10.2 Å². The maximum atomic E-state index is 14.5. The summed E-state index contributed by atoms with van der Waals surface area (Å²) in [4.78, 5) is 27.7. The molecule has 3 aromatic rings. The van der Waals surface area contributed by atoms with Crippen LogP contribution >= 0.6 is 0 Å². The van der Waals surface area contributed by atoms with Crippen molar-refractivity contribution in [3.05, 3.63) is 95.8 Å². The summed E-state index contributed by atoms with van der Waals surface area (Å²) >= 11 is 0. The van der Waals surface area contributed by atoms with Crippen LogP contribution in [0.25, 0.3) is 0 Å². The fourth-order valence-electron chi connectivity index (χ4n) is 4.00. The SMILES string of the molecule is CCNC(=O)[C@@H](C)N(Cc1ccccc1F)C(=O)CN(c1ccccc1CC)S(=O)(=O)c1ccccc1. The largest absolute Gasteiger partial charge is 0.355 e. The number of para-hydroxylation sites is 1. The monoisotopic (exact) mass is 525 g/mol. The van der Waals surface area contributed by atoms with Gasteiger partial charge in [0.15, 0.2) is 0 Å². The van der Waals surface area contributed by atoms with E-state index in [1.165, 1.54) is 35.2 Å². The highest BCUT2D eigenvalue weighted by molar-refractivity contribution is 7.92. The average Bonchev–Trinajstić information content (AvgIpc) is 2.91. The molecule has 0 unspecified atom stereocenters. The number of sulfonamides is 1. The molecule has 1 N–H and O–H groups in total. The lowest BCUT2D eigenvalue weighted by Gasteiger charge is -2.32. The molecule has 0 radical (unpaired) electrons. The van der Waals surface area contributed by atoms with E-state index in [2.05, 4.69) is 5.32 Å². The van der Waals surface area contributed by atoms with Gasteiger partial charge >= 0.3 is 0 Å². The first-order valence-corrected chi connectivity index (χ1v) is 13.6. The fraction of sp³-hybridized carbons (Fsp3) is 0.286. The Bertz CT molecular complexity index is 1330. The van der Waals surface area contributed by atoms with Crippen molar-refractivity contribution in [1.29, 1.82) is 0 Å². The number of carbonyl (C=O) groups is 2. The molecule has 0 saturated carbocycles. The fourth-order valence-corrected chi connectivity index (χ4v) is 5.47. The van der Waals surface area contributed by atoms with Crippen molar-refractivity contribution in [3.63, 3.8) is 0 Å². The third-order valence-electron chi connectivity index (χ3n) is 6.07. The quantitative estimate of drug-likeness (QED) is 0.408. The van der Waals surface area contributed by atoms with E-state index in [4.69, 9.17) is 0 Å². The first-order valence-electron chi connectivity index (χ1n) is 12.2. The third-order valence-corrected chi connectivity index (χ3v) is 7.84. The number of amides is 2. The second kappa shape index (κ2) is 12.5. The lowest BCUT2D eigenvalue weighted by atomic mass is 10.1. The van der Waals surface area contributed by atoms with E-state index in [0.29, 0.717) is 18.7 Å². The lowest BCUT2D eigenvalue weighted by Crippen LogP contribution is -2.51. The normalized spacial score (nSPS) is 12.0. The summed E-state index contributed by atoms with van der Waals surface area (Å²) in [5.74, 6) is -1.57. The summed E-state index contributed by atoms with van der Waals surface area (Å²) in [7, 11) is -4.14. The first-order chi connectivity index (χ1) is 17.7. The molecule has 0 aromatic heterocycles. The van der Waals surface area contributed by atoms with Gasteiger partial charge in [-0.2, -0.15) is 0 Å². The Morgan fingerprint density at radius 1 is 0.892 bits per heavy atom. The number of rotatable bonds is 11. The zero-order chi connectivity index (χ0) is 27.0. The molecule has 9 heteroatoms. The molecule has 0 aliphatic rings. The van der Waals surface area contributed by atoms with Gasteiger partial charge in [-0.3, -0.25) is 13.9 Å². The molecule has 196 valence electrons. The minimum absolute atomic E-state index is 0.0335. The number of benzene rings is 3. The summed E-state index contributed by atoms with van der Waals surface area (Å²) in [5, 5.41) is 2.68. The van der Waals surface area contributed by atoms with Crippen LogP contribution in [0, 0.1) is 5.82 Å². The van der Waals surface area contributed by atoms with E-state index in [-0.39, 0.29) is 17.0 Å². The molecule has 2 amide bonds. The number of anilines is 1. The summed E-state index contributed by atoms with van der Waals surface area (Å²) < 4.78 is 43.2. The molecular weight excluding hydrogens is 493 g/mol. The van der Waals surface area contributed by atoms with Gasteiger partial charge in [-0.1, -0.05) is 61.5 Å². The molecule has 7 nitrogen and oxygen atoms in total. The Hall–Kier alpha value is -3.72. The van der Waals surface area contributed by atoms with Crippen LogP contribution in [0.1, 0.15) is 31.9 Å². The molecule has 0 fully saturated rings. The Morgan fingerprint density at radius 3 is 2.11 bits per heavy atom. The Kier molecular flexibility index (Phi) is 9.41. The molecule has 0 saturated heterocycles. The number of carbonyl (C=O) groups excluding carboxylic acids is 2. The van der Waals surface area contributed by atoms with Crippen molar-refractivity contribution >= 4 is 27.5 Å². The Labute approximate surface area is 218 Å². The standard InChI is InChI=1S/C28H32FN3O4S/c1-4-22-13-10-12-18-26(22)32(37(35,36)24-15-7-6-8-16-24)20-27(33)31(21(3)28(34)30-5-2)19-23-14-9-11-17-25(23)29/h6-18,21H,4-5,19-20H2,1-3H3,(H,30,34)/t21-/m1/s1. The van der Waals surface area contributed by atoms with Crippen LogP contribution < -0.4 is 9.62 Å². The molecule has 0 spiro atoms. The summed E-state index contributed by atoms with van der Waals surface area (Å²) in [6.45, 7) is 4.78.